The van der Waals surface area contributed by atoms with Crippen molar-refractivity contribution in [1.29, 1.82) is 0 Å². The lowest BCUT2D eigenvalue weighted by Crippen LogP contribution is -2.32. The van der Waals surface area contributed by atoms with Gasteiger partial charge in [0.25, 0.3) is 11.8 Å². The summed E-state index contributed by atoms with van der Waals surface area (Å²) in [6.45, 7) is 4.25. The Morgan fingerprint density at radius 3 is 2.17 bits per heavy atom. The Bertz CT molecular complexity index is 1140. The zero-order chi connectivity index (χ0) is 21.3. The van der Waals surface area contributed by atoms with Gasteiger partial charge in [-0.2, -0.15) is 0 Å². The average Bonchev–Trinajstić information content (AvgIpc) is 2.98. The molecule has 4 nitrogen and oxygen atoms in total. The first-order chi connectivity index (χ1) is 14.5. The van der Waals surface area contributed by atoms with Gasteiger partial charge in [0.2, 0.25) is 0 Å². The van der Waals surface area contributed by atoms with Crippen LogP contribution in [-0.4, -0.2) is 11.8 Å². The number of anilines is 2. The van der Waals surface area contributed by atoms with Gasteiger partial charge in [0.15, 0.2) is 0 Å². The fraction of sp³-hybridized carbons (Fsp3) is 0.120. The van der Waals surface area contributed by atoms with E-state index < -0.39 is 5.91 Å². The highest BCUT2D eigenvalue weighted by Crippen LogP contribution is 2.34. The maximum absolute atomic E-state index is 13.3. The van der Waals surface area contributed by atoms with E-state index in [-0.39, 0.29) is 11.6 Å². The lowest BCUT2D eigenvalue weighted by molar-refractivity contribution is -0.120. The van der Waals surface area contributed by atoms with Crippen LogP contribution in [0.1, 0.15) is 30.9 Å². The number of rotatable bonds is 5. The molecule has 1 aliphatic rings. The van der Waals surface area contributed by atoms with Crippen molar-refractivity contribution in [2.24, 2.45) is 0 Å². The standard InChI is InChI=1S/C25H21ClN2O2/c1-16(2)17-11-13-20(14-12-17)27-23-22(18-7-4-3-5-8-18)24(29)28(25(23)30)21-10-6-9-19(26)15-21/h3-16,27H,1-2H3. The van der Waals surface area contributed by atoms with Crippen molar-refractivity contribution in [3.8, 4) is 0 Å². The largest absolute Gasteiger partial charge is 0.350 e. The number of benzene rings is 3. The van der Waals surface area contributed by atoms with Gasteiger partial charge in [-0.15, -0.1) is 0 Å². The van der Waals surface area contributed by atoms with Crippen LogP contribution in [0.15, 0.2) is 84.6 Å². The highest BCUT2D eigenvalue weighted by molar-refractivity contribution is 6.46. The van der Waals surface area contributed by atoms with Gasteiger partial charge in [-0.1, -0.05) is 74.0 Å². The molecule has 1 heterocycles. The summed E-state index contributed by atoms with van der Waals surface area (Å²) in [7, 11) is 0. The first-order valence-electron chi connectivity index (χ1n) is 9.76. The number of amides is 2. The van der Waals surface area contributed by atoms with Crippen LogP contribution in [0.3, 0.4) is 0 Å². The number of hydrogen-bond donors (Lipinski definition) is 1. The molecule has 3 aromatic rings. The second kappa shape index (κ2) is 8.17. The molecule has 0 aliphatic carbocycles. The Morgan fingerprint density at radius 2 is 1.53 bits per heavy atom. The molecule has 2 amide bonds. The Morgan fingerprint density at radius 1 is 0.833 bits per heavy atom. The molecular weight excluding hydrogens is 396 g/mol. The Hall–Kier alpha value is -3.37. The van der Waals surface area contributed by atoms with E-state index in [2.05, 4.69) is 19.2 Å². The molecule has 150 valence electrons. The zero-order valence-electron chi connectivity index (χ0n) is 16.7. The van der Waals surface area contributed by atoms with E-state index >= 15 is 0 Å². The monoisotopic (exact) mass is 416 g/mol. The first kappa shape index (κ1) is 19.9. The maximum Gasteiger partial charge on any atom is 0.282 e. The van der Waals surface area contributed by atoms with Gasteiger partial charge in [-0.3, -0.25) is 9.59 Å². The number of nitrogens with one attached hydrogen (secondary N) is 1. The zero-order valence-corrected chi connectivity index (χ0v) is 17.5. The van der Waals surface area contributed by atoms with Crippen LogP contribution in [0.2, 0.25) is 5.02 Å². The summed E-state index contributed by atoms with van der Waals surface area (Å²) < 4.78 is 0. The molecule has 0 atom stereocenters. The van der Waals surface area contributed by atoms with E-state index in [0.29, 0.717) is 27.8 Å². The molecule has 5 heteroatoms. The van der Waals surface area contributed by atoms with Gasteiger partial charge in [0.05, 0.1) is 11.3 Å². The third-order valence-electron chi connectivity index (χ3n) is 5.06. The molecule has 4 rings (SSSR count). The van der Waals surface area contributed by atoms with Crippen molar-refractivity contribution >= 4 is 40.4 Å². The van der Waals surface area contributed by atoms with Crippen molar-refractivity contribution in [1.82, 2.24) is 0 Å². The second-order valence-electron chi connectivity index (χ2n) is 7.44. The third kappa shape index (κ3) is 3.74. The van der Waals surface area contributed by atoms with E-state index in [1.807, 2.05) is 54.6 Å². The topological polar surface area (TPSA) is 49.4 Å². The van der Waals surface area contributed by atoms with Gasteiger partial charge in [-0.05, 0) is 47.4 Å². The Balaban J connectivity index is 1.77. The Kier molecular flexibility index (Phi) is 5.42. The number of carbonyl (C=O) groups excluding carboxylic acids is 2. The summed E-state index contributed by atoms with van der Waals surface area (Å²) in [5, 5.41) is 3.64. The number of nitrogens with zero attached hydrogens (tertiary/aromatic N) is 1. The van der Waals surface area contributed by atoms with Crippen LogP contribution in [0.4, 0.5) is 11.4 Å². The molecule has 0 saturated carbocycles. The van der Waals surface area contributed by atoms with E-state index in [0.717, 1.165) is 5.69 Å². The number of halogens is 1. The van der Waals surface area contributed by atoms with Gasteiger partial charge >= 0.3 is 0 Å². The van der Waals surface area contributed by atoms with Crippen LogP contribution in [0.25, 0.3) is 5.57 Å². The summed E-state index contributed by atoms with van der Waals surface area (Å²) in [5.74, 6) is -0.380. The van der Waals surface area contributed by atoms with Crippen molar-refractivity contribution in [3.05, 3.63) is 101 Å². The SMILES string of the molecule is CC(C)c1ccc(NC2=C(c3ccccc3)C(=O)N(c3cccc(Cl)c3)C2=O)cc1. The molecular formula is C25H21ClN2O2. The fourth-order valence-corrected chi connectivity index (χ4v) is 3.65. The molecule has 1 N–H and O–H groups in total. The van der Waals surface area contributed by atoms with Gasteiger partial charge in [0, 0.05) is 10.7 Å². The average molecular weight is 417 g/mol. The molecule has 0 spiro atoms. The van der Waals surface area contributed by atoms with Crippen molar-refractivity contribution in [2.45, 2.75) is 19.8 Å². The minimum atomic E-state index is -0.408. The summed E-state index contributed by atoms with van der Waals surface area (Å²) in [4.78, 5) is 27.8. The van der Waals surface area contributed by atoms with Crippen LogP contribution in [0.5, 0.6) is 0 Å². The summed E-state index contributed by atoms with van der Waals surface area (Å²) in [6, 6.07) is 23.8. The minimum Gasteiger partial charge on any atom is -0.350 e. The van der Waals surface area contributed by atoms with Crippen LogP contribution >= 0.6 is 11.6 Å². The fourth-order valence-electron chi connectivity index (χ4n) is 3.46. The summed E-state index contributed by atoms with van der Waals surface area (Å²) in [6.07, 6.45) is 0. The predicted octanol–water partition coefficient (Wildman–Crippen LogP) is 5.86. The molecule has 0 fully saturated rings. The lowest BCUT2D eigenvalue weighted by atomic mass is 10.0. The number of carbonyl (C=O) groups is 2. The van der Waals surface area contributed by atoms with E-state index in [9.17, 15) is 9.59 Å². The van der Waals surface area contributed by atoms with E-state index in [1.165, 1.54) is 10.5 Å². The molecule has 1 aliphatic heterocycles. The van der Waals surface area contributed by atoms with Crippen molar-refractivity contribution < 1.29 is 9.59 Å². The highest BCUT2D eigenvalue weighted by atomic mass is 35.5. The Labute approximate surface area is 180 Å². The lowest BCUT2D eigenvalue weighted by Gasteiger charge is -2.15. The normalized spacial score (nSPS) is 14.1. The predicted molar refractivity (Wildman–Crippen MR) is 121 cm³/mol. The minimum absolute atomic E-state index is 0.253. The summed E-state index contributed by atoms with van der Waals surface area (Å²) in [5.41, 5.74) is 3.67. The molecule has 30 heavy (non-hydrogen) atoms. The maximum atomic E-state index is 13.3. The van der Waals surface area contributed by atoms with E-state index in [1.54, 1.807) is 24.3 Å². The number of imide groups is 1. The summed E-state index contributed by atoms with van der Waals surface area (Å²) >= 11 is 6.10. The van der Waals surface area contributed by atoms with Crippen LogP contribution in [0, 0.1) is 0 Å². The first-order valence-corrected chi connectivity index (χ1v) is 10.1. The second-order valence-corrected chi connectivity index (χ2v) is 7.88. The molecule has 0 bridgehead atoms. The molecule has 0 aromatic heterocycles. The van der Waals surface area contributed by atoms with Gasteiger partial charge in [0.1, 0.15) is 5.70 Å². The van der Waals surface area contributed by atoms with Crippen LogP contribution in [-0.2, 0) is 9.59 Å². The highest BCUT2D eigenvalue weighted by Gasteiger charge is 2.40. The van der Waals surface area contributed by atoms with Gasteiger partial charge < -0.3 is 5.32 Å². The quantitative estimate of drug-likeness (QED) is 0.530. The molecule has 3 aromatic carbocycles. The number of hydrogen-bond acceptors (Lipinski definition) is 3. The van der Waals surface area contributed by atoms with E-state index in [4.69, 9.17) is 11.6 Å². The van der Waals surface area contributed by atoms with Gasteiger partial charge in [-0.25, -0.2) is 4.90 Å². The molecule has 0 radical (unpaired) electrons. The molecule has 0 unspecified atom stereocenters. The third-order valence-corrected chi connectivity index (χ3v) is 5.29. The van der Waals surface area contributed by atoms with Crippen molar-refractivity contribution in [2.75, 3.05) is 10.2 Å². The smallest absolute Gasteiger partial charge is 0.282 e. The van der Waals surface area contributed by atoms with Crippen molar-refractivity contribution in [3.63, 3.8) is 0 Å². The van der Waals surface area contributed by atoms with Crippen LogP contribution < -0.4 is 10.2 Å². The molecule has 0 saturated heterocycles.